The van der Waals surface area contributed by atoms with Gasteiger partial charge in [-0.15, -0.1) is 0 Å². The molecule has 0 unspecified atom stereocenters. The van der Waals surface area contributed by atoms with Crippen LogP contribution in [-0.2, 0) is 16.0 Å². The number of allylic oxidation sites excluding steroid dienone is 2. The van der Waals surface area contributed by atoms with Crippen LogP contribution >= 0.6 is 0 Å². The molecular weight excluding hydrogens is 278 g/mol. The highest BCUT2D eigenvalue weighted by Gasteiger charge is 2.43. The fourth-order valence-electron chi connectivity index (χ4n) is 4.14. The molecule has 0 spiro atoms. The molecule has 22 heavy (non-hydrogen) atoms. The Kier molecular flexibility index (Phi) is 3.57. The Labute approximate surface area is 131 Å². The zero-order valence-electron chi connectivity index (χ0n) is 13.0. The number of carbonyl (C=O) groups is 1. The number of nitrogens with zero attached hydrogens (tertiary/aromatic N) is 1. The van der Waals surface area contributed by atoms with Crippen LogP contribution in [0.3, 0.4) is 0 Å². The van der Waals surface area contributed by atoms with E-state index >= 15 is 0 Å². The Morgan fingerprint density at radius 2 is 2.23 bits per heavy atom. The molecule has 1 aromatic heterocycles. The molecule has 4 heteroatoms. The van der Waals surface area contributed by atoms with E-state index in [1.807, 2.05) is 17.0 Å². The molecule has 1 saturated heterocycles. The number of hydrogen-bond donors (Lipinski definition) is 0. The molecule has 1 aliphatic heterocycles. The summed E-state index contributed by atoms with van der Waals surface area (Å²) in [6.45, 7) is 3.91. The minimum Gasteiger partial charge on any atom is -0.464 e. The van der Waals surface area contributed by atoms with Gasteiger partial charge >= 0.3 is 0 Å². The molecule has 1 saturated carbocycles. The first-order valence-corrected chi connectivity index (χ1v) is 8.41. The minimum atomic E-state index is -0.0651. The van der Waals surface area contributed by atoms with Gasteiger partial charge in [-0.1, -0.05) is 19.1 Å². The van der Waals surface area contributed by atoms with Crippen molar-refractivity contribution in [3.05, 3.63) is 35.8 Å². The number of fused-ring (bicyclic) bond motifs is 2. The van der Waals surface area contributed by atoms with Crippen molar-refractivity contribution in [2.45, 2.75) is 32.2 Å². The number of amides is 1. The summed E-state index contributed by atoms with van der Waals surface area (Å²) < 4.78 is 11.5. The molecule has 2 bridgehead atoms. The second kappa shape index (κ2) is 5.58. The Morgan fingerprint density at radius 3 is 2.91 bits per heavy atom. The number of furan rings is 1. The topological polar surface area (TPSA) is 42.7 Å². The lowest BCUT2D eigenvalue weighted by Gasteiger charge is -2.37. The Balaban J connectivity index is 1.55. The van der Waals surface area contributed by atoms with Gasteiger partial charge in [0.2, 0.25) is 5.91 Å². The lowest BCUT2D eigenvalue weighted by Crippen LogP contribution is -2.46. The number of rotatable bonds is 3. The number of aryl methyl sites for hydroxylation is 1. The van der Waals surface area contributed by atoms with Crippen LogP contribution in [0.1, 0.15) is 37.3 Å². The molecule has 1 amide bonds. The van der Waals surface area contributed by atoms with Gasteiger partial charge in [0.25, 0.3) is 0 Å². The molecule has 2 aliphatic carbocycles. The van der Waals surface area contributed by atoms with E-state index in [-0.39, 0.29) is 12.0 Å². The molecule has 2 heterocycles. The molecule has 0 radical (unpaired) electrons. The summed E-state index contributed by atoms with van der Waals surface area (Å²) in [5, 5.41) is 0. The Hall–Kier alpha value is -1.55. The average molecular weight is 301 g/mol. The minimum absolute atomic E-state index is 0.0651. The smallest absolute Gasteiger partial charge is 0.227 e. The highest BCUT2D eigenvalue weighted by molar-refractivity contribution is 5.80. The van der Waals surface area contributed by atoms with Gasteiger partial charge in [0, 0.05) is 18.9 Å². The summed E-state index contributed by atoms with van der Waals surface area (Å²) in [5.41, 5.74) is 0. The molecule has 4 atom stereocenters. The van der Waals surface area contributed by atoms with Crippen LogP contribution in [0.15, 0.2) is 28.7 Å². The zero-order chi connectivity index (χ0) is 15.1. The monoisotopic (exact) mass is 301 g/mol. The lowest BCUT2D eigenvalue weighted by atomic mass is 9.91. The third-order valence-electron chi connectivity index (χ3n) is 5.37. The molecule has 2 fully saturated rings. The van der Waals surface area contributed by atoms with Crippen molar-refractivity contribution in [3.8, 4) is 0 Å². The summed E-state index contributed by atoms with van der Waals surface area (Å²) in [5.74, 6) is 3.35. The molecule has 4 nitrogen and oxygen atoms in total. The number of carbonyl (C=O) groups excluding carboxylic acids is 1. The van der Waals surface area contributed by atoms with E-state index in [9.17, 15) is 4.79 Å². The molecular formula is C18H23NO3. The number of ether oxygens (including phenoxy) is 1. The van der Waals surface area contributed by atoms with E-state index in [1.54, 1.807) is 0 Å². The SMILES string of the molecule is CCc1ccc([C@H]2COCCN2C(=O)[C@@H]2C[C@H]3C=C[C@H]2C3)o1. The standard InChI is InChI=1S/C18H23NO3/c1-2-14-5-6-17(22-14)16-11-21-8-7-19(16)18(20)15-10-12-3-4-13(15)9-12/h3-6,12-13,15-16H,2,7-11H2,1H3/t12-,13-,15+,16+/m0/s1. The maximum absolute atomic E-state index is 13.0. The van der Waals surface area contributed by atoms with Crippen molar-refractivity contribution in [1.82, 2.24) is 4.90 Å². The van der Waals surface area contributed by atoms with E-state index in [0.717, 1.165) is 30.8 Å². The molecule has 4 rings (SSSR count). The largest absolute Gasteiger partial charge is 0.464 e. The van der Waals surface area contributed by atoms with Gasteiger partial charge in [-0.05, 0) is 36.8 Å². The van der Waals surface area contributed by atoms with Crippen molar-refractivity contribution in [1.29, 1.82) is 0 Å². The van der Waals surface area contributed by atoms with Crippen molar-refractivity contribution < 1.29 is 13.9 Å². The predicted octanol–water partition coefficient (Wildman–Crippen LogP) is 2.95. The van der Waals surface area contributed by atoms with Crippen LogP contribution < -0.4 is 0 Å². The maximum Gasteiger partial charge on any atom is 0.227 e. The summed E-state index contributed by atoms with van der Waals surface area (Å²) in [6.07, 6.45) is 7.58. The molecule has 0 N–H and O–H groups in total. The third kappa shape index (κ3) is 2.30. The first-order chi connectivity index (χ1) is 10.8. The first kappa shape index (κ1) is 14.1. The van der Waals surface area contributed by atoms with E-state index in [0.29, 0.717) is 37.5 Å². The van der Waals surface area contributed by atoms with Gasteiger partial charge in [-0.3, -0.25) is 4.79 Å². The van der Waals surface area contributed by atoms with Crippen LogP contribution in [0.25, 0.3) is 0 Å². The van der Waals surface area contributed by atoms with Crippen LogP contribution in [0.2, 0.25) is 0 Å². The van der Waals surface area contributed by atoms with Gasteiger partial charge in [0.05, 0.1) is 13.2 Å². The summed E-state index contributed by atoms with van der Waals surface area (Å²) in [7, 11) is 0. The quantitative estimate of drug-likeness (QED) is 0.806. The van der Waals surface area contributed by atoms with E-state index in [2.05, 4.69) is 19.1 Å². The number of morpholine rings is 1. The summed E-state index contributed by atoms with van der Waals surface area (Å²) >= 11 is 0. The first-order valence-electron chi connectivity index (χ1n) is 8.41. The Morgan fingerprint density at radius 1 is 1.32 bits per heavy atom. The maximum atomic E-state index is 13.0. The van der Waals surface area contributed by atoms with Crippen molar-refractivity contribution in [2.24, 2.45) is 17.8 Å². The van der Waals surface area contributed by atoms with Gasteiger partial charge in [-0.25, -0.2) is 0 Å². The van der Waals surface area contributed by atoms with Gasteiger partial charge in [-0.2, -0.15) is 0 Å². The van der Waals surface area contributed by atoms with Crippen LogP contribution in [0, 0.1) is 17.8 Å². The van der Waals surface area contributed by atoms with E-state index < -0.39 is 0 Å². The number of hydrogen-bond acceptors (Lipinski definition) is 3. The highest BCUT2D eigenvalue weighted by Crippen LogP contribution is 2.45. The molecule has 118 valence electrons. The Bertz CT molecular complexity index is 591. The molecule has 0 aromatic carbocycles. The van der Waals surface area contributed by atoms with Gasteiger partial charge < -0.3 is 14.1 Å². The second-order valence-corrected chi connectivity index (χ2v) is 6.67. The van der Waals surface area contributed by atoms with Gasteiger partial charge in [0.1, 0.15) is 17.6 Å². The average Bonchev–Trinajstić information content (AvgIpc) is 3.30. The predicted molar refractivity (Wildman–Crippen MR) is 82.2 cm³/mol. The second-order valence-electron chi connectivity index (χ2n) is 6.67. The highest BCUT2D eigenvalue weighted by atomic mass is 16.5. The van der Waals surface area contributed by atoms with Crippen molar-refractivity contribution >= 4 is 5.91 Å². The van der Waals surface area contributed by atoms with Crippen LogP contribution in [0.4, 0.5) is 0 Å². The molecule has 1 aromatic rings. The fraction of sp³-hybridized carbons (Fsp3) is 0.611. The lowest BCUT2D eigenvalue weighted by molar-refractivity contribution is -0.146. The zero-order valence-corrected chi connectivity index (χ0v) is 13.0. The van der Waals surface area contributed by atoms with Crippen LogP contribution in [-0.4, -0.2) is 30.6 Å². The van der Waals surface area contributed by atoms with Gasteiger partial charge in [0.15, 0.2) is 0 Å². The normalized spacial score (nSPS) is 33.6. The van der Waals surface area contributed by atoms with E-state index in [4.69, 9.17) is 9.15 Å². The van der Waals surface area contributed by atoms with Crippen molar-refractivity contribution in [3.63, 3.8) is 0 Å². The molecule has 3 aliphatic rings. The van der Waals surface area contributed by atoms with E-state index in [1.165, 1.54) is 0 Å². The fourth-order valence-corrected chi connectivity index (χ4v) is 4.14. The third-order valence-corrected chi connectivity index (χ3v) is 5.37. The summed E-state index contributed by atoms with van der Waals surface area (Å²) in [4.78, 5) is 15.0. The van der Waals surface area contributed by atoms with Crippen LogP contribution in [0.5, 0.6) is 0 Å². The van der Waals surface area contributed by atoms with Crippen molar-refractivity contribution in [2.75, 3.05) is 19.8 Å². The summed E-state index contributed by atoms with van der Waals surface area (Å²) in [6, 6.07) is 3.94.